The lowest BCUT2D eigenvalue weighted by Crippen LogP contribution is -2.22. The predicted octanol–water partition coefficient (Wildman–Crippen LogP) is 2.59. The van der Waals surface area contributed by atoms with Crippen LogP contribution in [0.25, 0.3) is 0 Å². The van der Waals surface area contributed by atoms with Gasteiger partial charge in [-0.25, -0.2) is 4.39 Å². The third-order valence-corrected chi connectivity index (χ3v) is 4.19. The first-order valence-electron chi connectivity index (χ1n) is 7.92. The van der Waals surface area contributed by atoms with Crippen molar-refractivity contribution in [2.24, 2.45) is 5.92 Å². The van der Waals surface area contributed by atoms with Crippen molar-refractivity contribution in [1.82, 2.24) is 5.32 Å². The third kappa shape index (κ3) is 3.91. The summed E-state index contributed by atoms with van der Waals surface area (Å²) in [6, 6.07) is 11.3. The van der Waals surface area contributed by atoms with Crippen LogP contribution in [0.2, 0.25) is 0 Å². The van der Waals surface area contributed by atoms with Gasteiger partial charge < -0.3 is 5.32 Å². The van der Waals surface area contributed by atoms with Crippen LogP contribution in [0.4, 0.5) is 10.1 Å². The zero-order valence-corrected chi connectivity index (χ0v) is 13.6. The third-order valence-electron chi connectivity index (χ3n) is 4.19. The van der Waals surface area contributed by atoms with Crippen molar-refractivity contribution in [2.45, 2.75) is 19.8 Å². The van der Waals surface area contributed by atoms with Crippen molar-refractivity contribution in [1.29, 1.82) is 0 Å². The van der Waals surface area contributed by atoms with E-state index in [1.807, 2.05) is 0 Å². The van der Waals surface area contributed by atoms with Gasteiger partial charge in [0, 0.05) is 17.7 Å². The molecular formula is C19H17FN2O3. The number of carbonyl (C=O) groups is 3. The molecule has 3 amide bonds. The highest BCUT2D eigenvalue weighted by molar-refractivity contribution is 6.04. The van der Waals surface area contributed by atoms with Crippen molar-refractivity contribution in [3.8, 4) is 0 Å². The number of hydrogen-bond donors (Lipinski definition) is 2. The van der Waals surface area contributed by atoms with Crippen molar-refractivity contribution in [3.05, 3.63) is 65.0 Å². The van der Waals surface area contributed by atoms with Crippen LogP contribution in [0, 0.1) is 18.7 Å². The lowest BCUT2D eigenvalue weighted by Gasteiger charge is -2.09. The van der Waals surface area contributed by atoms with E-state index < -0.39 is 11.7 Å². The van der Waals surface area contributed by atoms with E-state index in [2.05, 4.69) is 10.6 Å². The fourth-order valence-corrected chi connectivity index (χ4v) is 2.72. The van der Waals surface area contributed by atoms with Crippen molar-refractivity contribution in [2.75, 3.05) is 5.32 Å². The molecule has 25 heavy (non-hydrogen) atoms. The standard InChI is InChI=1S/C19H17FN2O3/c1-11-2-5-13(9-16(11)20)18(24)21-15-6-3-12(4-7-15)8-14-10-17(23)22-19(14)25/h2-7,9,14H,8,10H2,1H3,(H,21,24)(H,22,23,25)/t14-/m1/s1. The molecule has 1 fully saturated rings. The van der Waals surface area contributed by atoms with Crippen molar-refractivity contribution in [3.63, 3.8) is 0 Å². The summed E-state index contributed by atoms with van der Waals surface area (Å²) in [6.45, 7) is 1.63. The lowest BCUT2D eigenvalue weighted by atomic mass is 9.98. The monoisotopic (exact) mass is 340 g/mol. The van der Waals surface area contributed by atoms with E-state index in [4.69, 9.17) is 0 Å². The molecule has 0 unspecified atom stereocenters. The summed E-state index contributed by atoms with van der Waals surface area (Å²) in [6.07, 6.45) is 0.672. The average molecular weight is 340 g/mol. The minimum atomic E-state index is -0.424. The van der Waals surface area contributed by atoms with E-state index in [-0.39, 0.29) is 29.7 Å². The van der Waals surface area contributed by atoms with Gasteiger partial charge in [0.1, 0.15) is 5.82 Å². The Bertz CT molecular complexity index is 846. The molecule has 0 aromatic heterocycles. The Balaban J connectivity index is 1.64. The molecule has 0 radical (unpaired) electrons. The number of benzene rings is 2. The highest BCUT2D eigenvalue weighted by atomic mass is 19.1. The lowest BCUT2D eigenvalue weighted by molar-refractivity contribution is -0.125. The molecule has 0 spiro atoms. The number of hydrogen-bond acceptors (Lipinski definition) is 3. The van der Waals surface area contributed by atoms with Gasteiger partial charge in [-0.1, -0.05) is 18.2 Å². The minimum Gasteiger partial charge on any atom is -0.322 e. The molecular weight excluding hydrogens is 323 g/mol. The Kier molecular flexibility index (Phi) is 4.61. The second kappa shape index (κ2) is 6.84. The quantitative estimate of drug-likeness (QED) is 0.840. The molecule has 6 heteroatoms. The van der Waals surface area contributed by atoms with Crippen molar-refractivity contribution >= 4 is 23.4 Å². The molecule has 1 saturated heterocycles. The van der Waals surface area contributed by atoms with Crippen LogP contribution in [0.1, 0.15) is 27.9 Å². The maximum absolute atomic E-state index is 13.5. The summed E-state index contributed by atoms with van der Waals surface area (Å²) in [5.41, 5.74) is 2.19. The highest BCUT2D eigenvalue weighted by Gasteiger charge is 2.30. The summed E-state index contributed by atoms with van der Waals surface area (Å²) < 4.78 is 13.5. The van der Waals surface area contributed by atoms with Crippen LogP contribution in [0.5, 0.6) is 0 Å². The predicted molar refractivity (Wildman–Crippen MR) is 90.5 cm³/mol. The molecule has 1 aliphatic heterocycles. The molecule has 0 aliphatic carbocycles. The van der Waals surface area contributed by atoms with E-state index in [1.54, 1.807) is 43.3 Å². The number of rotatable bonds is 4. The highest BCUT2D eigenvalue weighted by Crippen LogP contribution is 2.19. The Labute approximate surface area is 144 Å². The van der Waals surface area contributed by atoms with Crippen LogP contribution < -0.4 is 10.6 Å². The molecule has 5 nitrogen and oxygen atoms in total. The fourth-order valence-electron chi connectivity index (χ4n) is 2.72. The van der Waals surface area contributed by atoms with E-state index in [9.17, 15) is 18.8 Å². The minimum absolute atomic E-state index is 0.205. The molecule has 1 aliphatic rings. The number of halogens is 1. The Morgan fingerprint density at radius 1 is 1.20 bits per heavy atom. The zero-order valence-electron chi connectivity index (χ0n) is 13.6. The van der Waals surface area contributed by atoms with Crippen molar-refractivity contribution < 1.29 is 18.8 Å². The first-order valence-corrected chi connectivity index (χ1v) is 7.92. The smallest absolute Gasteiger partial charge is 0.255 e. The number of imide groups is 1. The van der Waals surface area contributed by atoms with Crippen LogP contribution in [0.3, 0.4) is 0 Å². The van der Waals surface area contributed by atoms with Gasteiger partial charge in [-0.15, -0.1) is 0 Å². The number of carbonyl (C=O) groups excluding carboxylic acids is 3. The van der Waals surface area contributed by atoms with Gasteiger partial charge in [0.2, 0.25) is 11.8 Å². The number of anilines is 1. The molecule has 2 aromatic rings. The molecule has 2 aromatic carbocycles. The fraction of sp³-hybridized carbons (Fsp3) is 0.211. The largest absolute Gasteiger partial charge is 0.322 e. The first kappa shape index (κ1) is 16.8. The summed E-state index contributed by atoms with van der Waals surface area (Å²) >= 11 is 0. The SMILES string of the molecule is Cc1ccc(C(=O)Nc2ccc(C[C@@H]3CC(=O)NC3=O)cc2)cc1F. The van der Waals surface area contributed by atoms with Gasteiger partial charge in [-0.3, -0.25) is 19.7 Å². The number of nitrogens with one attached hydrogen (secondary N) is 2. The maximum atomic E-state index is 13.5. The summed E-state index contributed by atoms with van der Waals surface area (Å²) in [4.78, 5) is 34.9. The Morgan fingerprint density at radius 3 is 2.52 bits per heavy atom. The van der Waals surface area contributed by atoms with Gasteiger partial charge in [-0.05, 0) is 48.7 Å². The normalized spacial score (nSPS) is 16.6. The summed E-state index contributed by atoms with van der Waals surface area (Å²) in [5, 5.41) is 4.99. The first-order chi connectivity index (χ1) is 11.9. The van der Waals surface area contributed by atoms with E-state index in [0.29, 0.717) is 17.7 Å². The van der Waals surface area contributed by atoms with E-state index >= 15 is 0 Å². The summed E-state index contributed by atoms with van der Waals surface area (Å²) in [7, 11) is 0. The van der Waals surface area contributed by atoms with Crippen LogP contribution in [-0.4, -0.2) is 17.7 Å². The second-order valence-corrected chi connectivity index (χ2v) is 6.13. The van der Waals surface area contributed by atoms with Crippen LogP contribution in [-0.2, 0) is 16.0 Å². The topological polar surface area (TPSA) is 75.3 Å². The molecule has 1 heterocycles. The van der Waals surface area contributed by atoms with E-state index in [0.717, 1.165) is 5.56 Å². The number of aryl methyl sites for hydroxylation is 1. The Hall–Kier alpha value is -3.02. The molecule has 2 N–H and O–H groups in total. The van der Waals surface area contributed by atoms with Crippen LogP contribution in [0.15, 0.2) is 42.5 Å². The second-order valence-electron chi connectivity index (χ2n) is 6.13. The average Bonchev–Trinajstić information content (AvgIpc) is 2.89. The summed E-state index contributed by atoms with van der Waals surface area (Å²) in [5.74, 6) is -1.66. The maximum Gasteiger partial charge on any atom is 0.255 e. The molecule has 3 rings (SSSR count). The molecule has 0 bridgehead atoms. The molecule has 1 atom stereocenters. The van der Waals surface area contributed by atoms with Gasteiger partial charge in [0.25, 0.3) is 5.91 Å². The van der Waals surface area contributed by atoms with Gasteiger partial charge in [0.05, 0.1) is 5.92 Å². The van der Waals surface area contributed by atoms with Gasteiger partial charge in [0.15, 0.2) is 0 Å². The van der Waals surface area contributed by atoms with Gasteiger partial charge in [-0.2, -0.15) is 0 Å². The Morgan fingerprint density at radius 2 is 1.92 bits per heavy atom. The van der Waals surface area contributed by atoms with Gasteiger partial charge >= 0.3 is 0 Å². The molecule has 0 saturated carbocycles. The van der Waals surface area contributed by atoms with Crippen LogP contribution >= 0.6 is 0 Å². The zero-order chi connectivity index (χ0) is 18.0. The molecule has 128 valence electrons. The van der Waals surface area contributed by atoms with E-state index in [1.165, 1.54) is 6.07 Å². The number of amides is 3.